The summed E-state index contributed by atoms with van der Waals surface area (Å²) in [6, 6.07) is 14.8. The Hall–Kier alpha value is -4.65. The van der Waals surface area contributed by atoms with Crippen molar-refractivity contribution in [3.8, 4) is 6.07 Å². The average molecular weight is 588 g/mol. The first-order valence-corrected chi connectivity index (χ1v) is 13.3. The van der Waals surface area contributed by atoms with Gasteiger partial charge in [0.1, 0.15) is 12.2 Å². The van der Waals surface area contributed by atoms with Gasteiger partial charge in [0.25, 0.3) is 0 Å². The molecule has 2 aromatic heterocycles. The predicted molar refractivity (Wildman–Crippen MR) is 156 cm³/mol. The highest BCUT2D eigenvalue weighted by molar-refractivity contribution is 6.35. The smallest absolute Gasteiger partial charge is 0.356 e. The zero-order valence-electron chi connectivity index (χ0n) is 21.9. The Morgan fingerprint density at radius 3 is 2.71 bits per heavy atom. The van der Waals surface area contributed by atoms with Crippen molar-refractivity contribution in [3.63, 3.8) is 0 Å². The van der Waals surface area contributed by atoms with E-state index in [1.807, 2.05) is 28.8 Å². The summed E-state index contributed by atoms with van der Waals surface area (Å²) in [6.07, 6.45) is 3.06. The number of esters is 1. The lowest BCUT2D eigenvalue weighted by molar-refractivity contribution is -0.140. The van der Waals surface area contributed by atoms with Crippen molar-refractivity contribution in [2.45, 2.75) is 12.6 Å². The third-order valence-corrected chi connectivity index (χ3v) is 7.38. The van der Waals surface area contributed by atoms with E-state index in [0.717, 1.165) is 10.9 Å². The molecule has 0 bridgehead atoms. The minimum absolute atomic E-state index is 0.00130. The second-order valence-electron chi connectivity index (χ2n) is 9.29. The Labute approximate surface area is 245 Å². The van der Waals surface area contributed by atoms with Crippen LogP contribution in [-0.4, -0.2) is 52.4 Å². The van der Waals surface area contributed by atoms with E-state index in [4.69, 9.17) is 27.9 Å². The molecule has 9 nitrogen and oxygen atoms in total. The van der Waals surface area contributed by atoms with Crippen LogP contribution >= 0.6 is 23.2 Å². The van der Waals surface area contributed by atoms with Gasteiger partial charge in [-0.15, -0.1) is 6.58 Å². The third kappa shape index (κ3) is 5.15. The van der Waals surface area contributed by atoms with Crippen molar-refractivity contribution < 1.29 is 19.1 Å². The summed E-state index contributed by atoms with van der Waals surface area (Å²) in [7, 11) is 1.25. The lowest BCUT2D eigenvalue weighted by atomic mass is 10.0. The van der Waals surface area contributed by atoms with E-state index in [9.17, 15) is 19.6 Å². The zero-order chi connectivity index (χ0) is 29.3. The molecule has 0 aliphatic carbocycles. The van der Waals surface area contributed by atoms with Crippen molar-refractivity contribution in [1.29, 1.82) is 5.26 Å². The van der Waals surface area contributed by atoms with Crippen LogP contribution in [0.25, 0.3) is 27.9 Å². The molecule has 3 heterocycles. The second kappa shape index (κ2) is 11.5. The predicted octanol–water partition coefficient (Wildman–Crippen LogP) is 5.08. The summed E-state index contributed by atoms with van der Waals surface area (Å²) < 4.78 is 6.75. The number of nitrogens with one attached hydrogen (secondary N) is 1. The Kier molecular flexibility index (Phi) is 7.79. The molecule has 206 valence electrons. The number of carbonyl (C=O) groups excluding carboxylic acids is 3. The van der Waals surface area contributed by atoms with Crippen molar-refractivity contribution in [1.82, 2.24) is 19.8 Å². The molecule has 0 radical (unpaired) electrons. The number of para-hydroxylation sites is 1. The van der Waals surface area contributed by atoms with Crippen LogP contribution in [0.1, 0.15) is 27.8 Å². The molecule has 2 aromatic carbocycles. The number of hydrogen-bond donors (Lipinski definition) is 1. The summed E-state index contributed by atoms with van der Waals surface area (Å²) in [5, 5.41) is 14.8. The number of hydrogen-bond acceptors (Lipinski definition) is 6. The van der Waals surface area contributed by atoms with E-state index < -0.39 is 17.9 Å². The average Bonchev–Trinajstić information content (AvgIpc) is 3.21. The third-order valence-electron chi connectivity index (χ3n) is 6.82. The summed E-state index contributed by atoms with van der Waals surface area (Å²) >= 11 is 12.2. The summed E-state index contributed by atoms with van der Waals surface area (Å²) in [5.41, 5.74) is 2.30. The number of ether oxygens (including phenoxy) is 1. The highest BCUT2D eigenvalue weighted by atomic mass is 35.5. The van der Waals surface area contributed by atoms with Gasteiger partial charge in [-0.3, -0.25) is 9.59 Å². The number of nitrogens with zero attached hydrogens (tertiary/aromatic N) is 4. The maximum absolute atomic E-state index is 13.9. The summed E-state index contributed by atoms with van der Waals surface area (Å²) in [4.78, 5) is 46.1. The van der Waals surface area contributed by atoms with Crippen LogP contribution in [0.2, 0.25) is 10.0 Å². The molecule has 0 fully saturated rings. The lowest BCUT2D eigenvalue weighted by Gasteiger charge is -2.28. The minimum atomic E-state index is -1.22. The number of methoxy groups -OCH3 is 1. The molecule has 0 spiro atoms. The quantitative estimate of drug-likeness (QED) is 0.183. The van der Waals surface area contributed by atoms with Crippen LogP contribution in [0, 0.1) is 11.3 Å². The number of amides is 2. The van der Waals surface area contributed by atoms with Gasteiger partial charge in [-0.2, -0.15) is 5.26 Å². The number of benzene rings is 2. The molecule has 5 rings (SSSR count). The van der Waals surface area contributed by atoms with E-state index in [2.05, 4.69) is 22.9 Å². The summed E-state index contributed by atoms with van der Waals surface area (Å²) in [6.45, 7) is 3.61. The fourth-order valence-corrected chi connectivity index (χ4v) is 5.47. The molecule has 1 unspecified atom stereocenters. The van der Waals surface area contributed by atoms with Gasteiger partial charge in [0, 0.05) is 38.5 Å². The van der Waals surface area contributed by atoms with E-state index in [1.165, 1.54) is 18.1 Å². The Balaban J connectivity index is 1.63. The maximum Gasteiger partial charge on any atom is 0.356 e. The molecule has 1 aliphatic rings. The van der Waals surface area contributed by atoms with E-state index >= 15 is 0 Å². The molecule has 4 aromatic rings. The SMILES string of the molecule is C=CCN1C(=O)Cn2c3ccccc3c3cc(C(=O)OC)nc(c32)C1C(=O)NC/C(C#N)=C/c1ccc(Cl)cc1Cl. The van der Waals surface area contributed by atoms with Gasteiger partial charge in [-0.1, -0.05) is 53.5 Å². The molecular formula is C30H23Cl2N5O4. The van der Waals surface area contributed by atoms with Crippen LogP contribution in [0.4, 0.5) is 0 Å². The molecule has 1 atom stereocenters. The Morgan fingerprint density at radius 1 is 1.22 bits per heavy atom. The number of aromatic nitrogens is 2. The van der Waals surface area contributed by atoms with Crippen molar-refractivity contribution in [2.24, 2.45) is 0 Å². The maximum atomic E-state index is 13.9. The van der Waals surface area contributed by atoms with Gasteiger partial charge in [-0.25, -0.2) is 9.78 Å². The number of fused-ring (bicyclic) bond motifs is 3. The molecule has 1 N–H and O–H groups in total. The Bertz CT molecular complexity index is 1820. The molecule has 0 saturated heterocycles. The van der Waals surface area contributed by atoms with Crippen LogP contribution in [-0.2, 0) is 20.9 Å². The van der Waals surface area contributed by atoms with E-state index in [0.29, 0.717) is 26.5 Å². The zero-order valence-corrected chi connectivity index (χ0v) is 23.4. The van der Waals surface area contributed by atoms with Crippen LogP contribution in [0.5, 0.6) is 0 Å². The highest BCUT2D eigenvalue weighted by Crippen LogP contribution is 2.37. The van der Waals surface area contributed by atoms with Crippen molar-refractivity contribution in [2.75, 3.05) is 20.2 Å². The monoisotopic (exact) mass is 587 g/mol. The molecule has 11 heteroatoms. The topological polar surface area (TPSA) is 117 Å². The molecule has 0 saturated carbocycles. The summed E-state index contributed by atoms with van der Waals surface area (Å²) in [5.74, 6) is -1.60. The number of pyridine rings is 1. The van der Waals surface area contributed by atoms with Gasteiger partial charge < -0.3 is 19.5 Å². The number of rotatable bonds is 7. The van der Waals surface area contributed by atoms with Crippen LogP contribution < -0.4 is 5.32 Å². The molecular weight excluding hydrogens is 565 g/mol. The number of halogens is 2. The van der Waals surface area contributed by atoms with E-state index in [-0.39, 0.29) is 42.5 Å². The molecule has 2 amide bonds. The van der Waals surface area contributed by atoms with Crippen molar-refractivity contribution in [3.05, 3.63) is 93.8 Å². The van der Waals surface area contributed by atoms with Crippen LogP contribution in [0.3, 0.4) is 0 Å². The first kappa shape index (κ1) is 27.9. The second-order valence-corrected chi connectivity index (χ2v) is 10.1. The van der Waals surface area contributed by atoms with E-state index in [1.54, 1.807) is 30.3 Å². The lowest BCUT2D eigenvalue weighted by Crippen LogP contribution is -2.44. The molecule has 1 aliphatic heterocycles. The first-order valence-electron chi connectivity index (χ1n) is 12.5. The normalized spacial score (nSPS) is 15.0. The van der Waals surface area contributed by atoms with Gasteiger partial charge >= 0.3 is 5.97 Å². The number of nitriles is 1. The van der Waals surface area contributed by atoms with Gasteiger partial charge in [0.15, 0.2) is 6.04 Å². The Morgan fingerprint density at radius 2 is 2.00 bits per heavy atom. The highest BCUT2D eigenvalue weighted by Gasteiger charge is 2.38. The fourth-order valence-electron chi connectivity index (χ4n) is 5.01. The van der Waals surface area contributed by atoms with Crippen LogP contribution in [0.15, 0.2) is 66.8 Å². The van der Waals surface area contributed by atoms with Crippen molar-refractivity contribution >= 4 is 68.9 Å². The number of carbonyl (C=O) groups is 3. The fraction of sp³-hybridized carbons (Fsp3) is 0.167. The van der Waals surface area contributed by atoms with Gasteiger partial charge in [0.2, 0.25) is 11.8 Å². The molecule has 41 heavy (non-hydrogen) atoms. The van der Waals surface area contributed by atoms with Gasteiger partial charge in [-0.05, 0) is 35.9 Å². The first-order chi connectivity index (χ1) is 19.8. The van der Waals surface area contributed by atoms with Gasteiger partial charge in [0.05, 0.1) is 30.9 Å². The largest absolute Gasteiger partial charge is 0.464 e. The standard InChI is InChI=1S/C30H23Cl2N5O4/c1-3-10-36-25(38)16-37-24-7-5-4-6-20(24)21-13-23(30(40)41-2)35-26(27(21)37)28(36)29(39)34-15-17(14-33)11-18-8-9-19(31)12-22(18)32/h3-9,11-13,28H,1,10,15-16H2,2H3,(H,34,39)/b17-11+. The minimum Gasteiger partial charge on any atom is -0.464 e.